The van der Waals surface area contributed by atoms with Crippen molar-refractivity contribution in [3.05, 3.63) is 98.7 Å². The van der Waals surface area contributed by atoms with E-state index in [1.54, 1.807) is 12.3 Å². The van der Waals surface area contributed by atoms with Crippen LogP contribution in [-0.4, -0.2) is 4.98 Å². The first-order valence-corrected chi connectivity index (χ1v) is 9.27. The lowest BCUT2D eigenvalue weighted by molar-refractivity contribution is 0.550. The predicted octanol–water partition coefficient (Wildman–Crippen LogP) is 7.07. The van der Waals surface area contributed by atoms with Crippen molar-refractivity contribution in [2.45, 2.75) is 18.0 Å². The van der Waals surface area contributed by atoms with Crippen LogP contribution < -0.4 is 0 Å². The third-order valence-corrected chi connectivity index (χ3v) is 5.28. The molecular formula is C20H14Cl3N3. The van der Waals surface area contributed by atoms with Crippen molar-refractivity contribution < 1.29 is 0 Å². The first-order valence-electron chi connectivity index (χ1n) is 8.14. The molecule has 6 heteroatoms. The fourth-order valence-corrected chi connectivity index (χ4v) is 3.64. The molecule has 0 saturated heterocycles. The molecule has 4 rings (SSSR count). The van der Waals surface area contributed by atoms with Crippen LogP contribution in [0, 0.1) is 0 Å². The molecule has 1 aliphatic heterocycles. The summed E-state index contributed by atoms with van der Waals surface area (Å²) in [6.45, 7) is 0. The van der Waals surface area contributed by atoms with Crippen molar-refractivity contribution in [1.82, 2.24) is 4.98 Å². The van der Waals surface area contributed by atoms with Gasteiger partial charge in [0.05, 0.1) is 0 Å². The number of azo groups is 1. The summed E-state index contributed by atoms with van der Waals surface area (Å²) in [6, 6.07) is 19.1. The van der Waals surface area contributed by atoms with E-state index in [2.05, 4.69) is 15.2 Å². The molecule has 0 N–H and O–H groups in total. The topological polar surface area (TPSA) is 37.6 Å². The maximum atomic E-state index is 6.07. The largest absolute Gasteiger partial charge is 0.244 e. The quantitative estimate of drug-likeness (QED) is 0.431. The van der Waals surface area contributed by atoms with E-state index >= 15 is 0 Å². The van der Waals surface area contributed by atoms with E-state index in [0.717, 1.165) is 16.7 Å². The van der Waals surface area contributed by atoms with Gasteiger partial charge in [0.25, 0.3) is 0 Å². The molecule has 3 aromatic rings. The molecule has 2 aromatic carbocycles. The first kappa shape index (κ1) is 17.5. The molecule has 1 aromatic heterocycles. The molecule has 3 unspecified atom stereocenters. The summed E-state index contributed by atoms with van der Waals surface area (Å²) >= 11 is 18.0. The zero-order valence-electron chi connectivity index (χ0n) is 13.6. The highest BCUT2D eigenvalue weighted by Gasteiger charge is 2.38. The Kier molecular flexibility index (Phi) is 4.94. The van der Waals surface area contributed by atoms with Crippen LogP contribution in [0.1, 0.15) is 34.7 Å². The monoisotopic (exact) mass is 401 g/mol. The van der Waals surface area contributed by atoms with Crippen LogP contribution in [0.4, 0.5) is 0 Å². The second-order valence-electron chi connectivity index (χ2n) is 6.16. The van der Waals surface area contributed by atoms with Gasteiger partial charge in [0.1, 0.15) is 17.2 Å². The number of aromatic nitrogens is 1. The minimum atomic E-state index is -0.137. The molecule has 1 aliphatic rings. The predicted molar refractivity (Wildman–Crippen MR) is 105 cm³/mol. The highest BCUT2D eigenvalue weighted by molar-refractivity contribution is 6.30. The van der Waals surface area contributed by atoms with Gasteiger partial charge in [-0.2, -0.15) is 10.2 Å². The van der Waals surface area contributed by atoms with Crippen molar-refractivity contribution in [2.24, 2.45) is 10.2 Å². The average molecular weight is 403 g/mol. The lowest BCUT2D eigenvalue weighted by Gasteiger charge is -2.23. The van der Waals surface area contributed by atoms with Crippen LogP contribution in [0.15, 0.2) is 77.1 Å². The maximum Gasteiger partial charge on any atom is 0.129 e. The van der Waals surface area contributed by atoms with Gasteiger partial charge < -0.3 is 0 Å². The van der Waals surface area contributed by atoms with Crippen LogP contribution in [-0.2, 0) is 0 Å². The van der Waals surface area contributed by atoms with Crippen molar-refractivity contribution in [3.8, 4) is 0 Å². The lowest BCUT2D eigenvalue weighted by Crippen LogP contribution is -2.12. The van der Waals surface area contributed by atoms with Gasteiger partial charge in [-0.3, -0.25) is 0 Å². The Bertz CT molecular complexity index is 867. The molecule has 0 spiro atoms. The van der Waals surface area contributed by atoms with Gasteiger partial charge in [-0.05, 0) is 47.0 Å². The minimum absolute atomic E-state index is 0.0383. The van der Waals surface area contributed by atoms with Crippen LogP contribution >= 0.6 is 34.8 Å². The highest BCUT2D eigenvalue weighted by atomic mass is 35.5. The van der Waals surface area contributed by atoms with Gasteiger partial charge in [-0.25, -0.2) is 4.98 Å². The van der Waals surface area contributed by atoms with Gasteiger partial charge in [0.2, 0.25) is 0 Å². The van der Waals surface area contributed by atoms with Gasteiger partial charge in [-0.1, -0.05) is 65.1 Å². The Hall–Kier alpha value is -1.94. The third kappa shape index (κ3) is 3.48. The number of pyridine rings is 1. The summed E-state index contributed by atoms with van der Waals surface area (Å²) in [5, 5.41) is 11.0. The summed E-state index contributed by atoms with van der Waals surface area (Å²) in [5.74, 6) is 0.0383. The summed E-state index contributed by atoms with van der Waals surface area (Å²) in [5.41, 5.74) is 3.18. The highest BCUT2D eigenvalue weighted by Crippen LogP contribution is 2.50. The van der Waals surface area contributed by atoms with Gasteiger partial charge in [0, 0.05) is 22.2 Å². The number of hydrogen-bond acceptors (Lipinski definition) is 3. The molecular weight excluding hydrogens is 389 g/mol. The van der Waals surface area contributed by atoms with Crippen LogP contribution in [0.25, 0.3) is 0 Å². The summed E-state index contributed by atoms with van der Waals surface area (Å²) in [6.07, 6.45) is 1.76. The van der Waals surface area contributed by atoms with E-state index in [4.69, 9.17) is 34.8 Å². The standard InChI is InChI=1S/C20H14Cl3N3/c21-15-6-1-12(2-7-15)18-19(13-3-8-16(22)9-4-13)25-26-20(18)14-5-10-17(23)24-11-14/h1-11,18-20H. The molecule has 2 heterocycles. The molecule has 3 atom stereocenters. The van der Waals surface area contributed by atoms with Crippen molar-refractivity contribution in [2.75, 3.05) is 0 Å². The summed E-state index contributed by atoms with van der Waals surface area (Å²) < 4.78 is 0. The Labute approximate surface area is 166 Å². The summed E-state index contributed by atoms with van der Waals surface area (Å²) in [7, 11) is 0. The third-order valence-electron chi connectivity index (χ3n) is 4.55. The zero-order valence-corrected chi connectivity index (χ0v) is 15.8. The number of nitrogens with zero attached hydrogens (tertiary/aromatic N) is 3. The minimum Gasteiger partial charge on any atom is -0.244 e. The molecule has 0 amide bonds. The van der Waals surface area contributed by atoms with E-state index in [1.165, 1.54) is 0 Å². The van der Waals surface area contributed by atoms with Crippen LogP contribution in [0.2, 0.25) is 15.2 Å². The van der Waals surface area contributed by atoms with Crippen LogP contribution in [0.3, 0.4) is 0 Å². The number of rotatable bonds is 3. The molecule has 0 bridgehead atoms. The van der Waals surface area contributed by atoms with Gasteiger partial charge >= 0.3 is 0 Å². The van der Waals surface area contributed by atoms with Crippen molar-refractivity contribution >= 4 is 34.8 Å². The van der Waals surface area contributed by atoms with Crippen molar-refractivity contribution in [3.63, 3.8) is 0 Å². The molecule has 130 valence electrons. The molecule has 0 fully saturated rings. The zero-order chi connectivity index (χ0) is 18.1. The van der Waals surface area contributed by atoms with Gasteiger partial charge in [-0.15, -0.1) is 0 Å². The average Bonchev–Trinajstić information content (AvgIpc) is 3.08. The Balaban J connectivity index is 1.77. The van der Waals surface area contributed by atoms with E-state index in [0.29, 0.717) is 15.2 Å². The number of halogens is 3. The van der Waals surface area contributed by atoms with Gasteiger partial charge in [0.15, 0.2) is 0 Å². The van der Waals surface area contributed by atoms with E-state index in [9.17, 15) is 0 Å². The Morgan fingerprint density at radius 3 is 1.62 bits per heavy atom. The number of hydrogen-bond donors (Lipinski definition) is 0. The first-order chi connectivity index (χ1) is 12.6. The molecule has 3 nitrogen and oxygen atoms in total. The molecule has 26 heavy (non-hydrogen) atoms. The maximum absolute atomic E-state index is 6.07. The molecule has 0 radical (unpaired) electrons. The molecule has 0 saturated carbocycles. The Morgan fingerprint density at radius 1 is 0.577 bits per heavy atom. The fraction of sp³-hybridized carbons (Fsp3) is 0.150. The van der Waals surface area contributed by atoms with Crippen molar-refractivity contribution in [1.29, 1.82) is 0 Å². The lowest BCUT2D eigenvalue weighted by atomic mass is 9.81. The van der Waals surface area contributed by atoms with E-state index in [-0.39, 0.29) is 18.0 Å². The second-order valence-corrected chi connectivity index (χ2v) is 7.42. The smallest absolute Gasteiger partial charge is 0.129 e. The Morgan fingerprint density at radius 2 is 1.08 bits per heavy atom. The normalized spacial score (nSPS) is 21.9. The SMILES string of the molecule is Clc1ccc(C2N=NC(c3ccc(Cl)nc3)C2c2ccc(Cl)cc2)cc1. The van der Waals surface area contributed by atoms with E-state index in [1.807, 2.05) is 54.6 Å². The van der Waals surface area contributed by atoms with Crippen LogP contribution in [0.5, 0.6) is 0 Å². The fourth-order valence-electron chi connectivity index (χ4n) is 3.28. The number of benzene rings is 2. The second kappa shape index (κ2) is 7.36. The van der Waals surface area contributed by atoms with E-state index < -0.39 is 0 Å². The molecule has 0 aliphatic carbocycles. The summed E-state index contributed by atoms with van der Waals surface area (Å²) in [4.78, 5) is 4.20.